The predicted molar refractivity (Wildman–Crippen MR) is 98.4 cm³/mol. The molecule has 9 N–H and O–H groups in total. The molecule has 0 aromatic rings. The van der Waals surface area contributed by atoms with Gasteiger partial charge in [0.1, 0.15) is 61.0 Å². The largest absolute Gasteiger partial charge is 0.394 e. The van der Waals surface area contributed by atoms with Gasteiger partial charge in [-0.3, -0.25) is 0 Å². The minimum atomic E-state index is -1.83. The molecule has 3 aliphatic rings. The van der Waals surface area contributed by atoms with Crippen LogP contribution in [0.1, 0.15) is 13.8 Å². The van der Waals surface area contributed by atoms with Crippen molar-refractivity contribution in [1.82, 2.24) is 0 Å². The summed E-state index contributed by atoms with van der Waals surface area (Å²) in [6.45, 7) is 2.10. The molecule has 3 aliphatic heterocycles. The molecule has 32 heavy (non-hydrogen) atoms. The zero-order valence-corrected chi connectivity index (χ0v) is 17.4. The maximum Gasteiger partial charge on any atom is 0.187 e. The average Bonchev–Trinajstić information content (AvgIpc) is 2.76. The molecule has 0 amide bonds. The Balaban J connectivity index is 1.81. The molecule has 3 fully saturated rings. The zero-order valence-electron chi connectivity index (χ0n) is 17.4. The van der Waals surface area contributed by atoms with Crippen molar-refractivity contribution >= 4 is 0 Å². The zero-order chi connectivity index (χ0) is 23.9. The van der Waals surface area contributed by atoms with Gasteiger partial charge < -0.3 is 69.6 Å². The van der Waals surface area contributed by atoms with Crippen molar-refractivity contribution in [1.29, 1.82) is 0 Å². The molecule has 3 heterocycles. The van der Waals surface area contributed by atoms with Crippen molar-refractivity contribution in [2.75, 3.05) is 6.61 Å². The van der Waals surface area contributed by atoms with E-state index in [-0.39, 0.29) is 0 Å². The monoisotopic (exact) mass is 472 g/mol. The lowest BCUT2D eigenvalue weighted by Gasteiger charge is -2.48. The third-order valence-corrected chi connectivity index (χ3v) is 6.02. The van der Waals surface area contributed by atoms with Gasteiger partial charge >= 0.3 is 0 Å². The van der Waals surface area contributed by atoms with Crippen LogP contribution in [-0.4, -0.2) is 145 Å². The minimum Gasteiger partial charge on any atom is -0.394 e. The summed E-state index contributed by atoms with van der Waals surface area (Å²) in [5.41, 5.74) is 0. The van der Waals surface area contributed by atoms with Crippen molar-refractivity contribution < 1.29 is 69.6 Å². The summed E-state index contributed by atoms with van der Waals surface area (Å²) in [5.74, 6) is 0. The van der Waals surface area contributed by atoms with Crippen LogP contribution in [0.3, 0.4) is 0 Å². The first-order chi connectivity index (χ1) is 15.0. The van der Waals surface area contributed by atoms with Gasteiger partial charge in [0.25, 0.3) is 0 Å². The normalized spacial score (nSPS) is 55.0. The van der Waals surface area contributed by atoms with Crippen molar-refractivity contribution in [2.45, 2.75) is 106 Å². The lowest BCUT2D eigenvalue weighted by molar-refractivity contribution is -0.385. The molecule has 0 aliphatic carbocycles. The number of rotatable bonds is 5. The Bertz CT molecular complexity index is 610. The van der Waals surface area contributed by atoms with Crippen LogP contribution >= 0.6 is 0 Å². The summed E-state index contributed by atoms with van der Waals surface area (Å²) in [7, 11) is 0. The molecule has 3 saturated heterocycles. The maximum absolute atomic E-state index is 10.6. The van der Waals surface area contributed by atoms with E-state index in [4.69, 9.17) is 23.7 Å². The number of hydrogen-bond acceptors (Lipinski definition) is 14. The Morgan fingerprint density at radius 2 is 1.00 bits per heavy atom. The van der Waals surface area contributed by atoms with E-state index in [1.165, 1.54) is 13.8 Å². The lowest BCUT2D eigenvalue weighted by Crippen LogP contribution is -2.66. The number of aliphatic hydroxyl groups is 9. The van der Waals surface area contributed by atoms with Crippen LogP contribution in [0.5, 0.6) is 0 Å². The van der Waals surface area contributed by atoms with Gasteiger partial charge in [-0.15, -0.1) is 0 Å². The molecule has 188 valence electrons. The van der Waals surface area contributed by atoms with E-state index in [1.807, 2.05) is 0 Å². The molecule has 3 rings (SSSR count). The first kappa shape index (κ1) is 26.1. The van der Waals surface area contributed by atoms with Gasteiger partial charge in [0.05, 0.1) is 18.8 Å². The van der Waals surface area contributed by atoms with Crippen LogP contribution in [0.25, 0.3) is 0 Å². The Labute approximate surface area is 183 Å². The van der Waals surface area contributed by atoms with Crippen LogP contribution in [-0.2, 0) is 23.7 Å². The highest BCUT2D eigenvalue weighted by Crippen LogP contribution is 2.32. The molecule has 0 spiro atoms. The number of hydrogen-bond donors (Lipinski definition) is 9. The van der Waals surface area contributed by atoms with E-state index >= 15 is 0 Å². The molecule has 0 saturated carbocycles. The van der Waals surface area contributed by atoms with E-state index in [9.17, 15) is 46.0 Å². The van der Waals surface area contributed by atoms with Crippen LogP contribution < -0.4 is 0 Å². The highest BCUT2D eigenvalue weighted by atomic mass is 16.8. The minimum absolute atomic E-state index is 0.721. The van der Waals surface area contributed by atoms with E-state index in [0.29, 0.717) is 0 Å². The fourth-order valence-electron chi connectivity index (χ4n) is 3.92. The molecule has 0 aromatic carbocycles. The topological polar surface area (TPSA) is 228 Å². The third kappa shape index (κ3) is 4.94. The summed E-state index contributed by atoms with van der Waals surface area (Å²) >= 11 is 0. The Morgan fingerprint density at radius 1 is 0.562 bits per heavy atom. The molecule has 14 heteroatoms. The smallest absolute Gasteiger partial charge is 0.187 e. The van der Waals surface area contributed by atoms with Crippen LogP contribution in [0.4, 0.5) is 0 Å². The molecule has 0 bridgehead atoms. The maximum atomic E-state index is 10.6. The van der Waals surface area contributed by atoms with Gasteiger partial charge in [-0.05, 0) is 13.8 Å². The van der Waals surface area contributed by atoms with Crippen LogP contribution in [0.2, 0.25) is 0 Å². The highest BCUT2D eigenvalue weighted by Gasteiger charge is 2.53. The van der Waals surface area contributed by atoms with Gasteiger partial charge in [0.15, 0.2) is 18.9 Å². The van der Waals surface area contributed by atoms with Gasteiger partial charge in [0, 0.05) is 0 Å². The molecular weight excluding hydrogens is 440 g/mol. The van der Waals surface area contributed by atoms with E-state index < -0.39 is 98.7 Å². The van der Waals surface area contributed by atoms with Crippen molar-refractivity contribution in [2.24, 2.45) is 0 Å². The molecule has 15 atom stereocenters. The molecule has 0 aromatic heterocycles. The summed E-state index contributed by atoms with van der Waals surface area (Å²) in [4.78, 5) is 0. The standard InChI is InChI=1S/C18H32O14/c1-4-7(20)10(23)12(25)17(28-4)31-14-9(22)6(3-19)30-16(27)15(14)32-18-13(26)11(24)8(21)5(2)29-18/h4-27H,3H2,1-2H3/t4-,5-,6+,7+,8+,9+,10+,11+,12-,13-,14-,15+,16+,17-,18-/m0/s1. The number of ether oxygens (including phenoxy) is 5. The van der Waals surface area contributed by atoms with Crippen molar-refractivity contribution in [3.05, 3.63) is 0 Å². The highest BCUT2D eigenvalue weighted by molar-refractivity contribution is 4.95. The molecule has 0 unspecified atom stereocenters. The summed E-state index contributed by atoms with van der Waals surface area (Å²) in [6, 6.07) is 0. The molecule has 14 nitrogen and oxygen atoms in total. The Morgan fingerprint density at radius 3 is 1.44 bits per heavy atom. The first-order valence-electron chi connectivity index (χ1n) is 10.3. The van der Waals surface area contributed by atoms with Gasteiger partial charge in [-0.1, -0.05) is 0 Å². The summed E-state index contributed by atoms with van der Waals surface area (Å²) in [5, 5.41) is 90.6. The molecular formula is C18H32O14. The third-order valence-electron chi connectivity index (χ3n) is 6.02. The fraction of sp³-hybridized carbons (Fsp3) is 1.00. The summed E-state index contributed by atoms with van der Waals surface area (Å²) in [6.07, 6.45) is -22.6. The van der Waals surface area contributed by atoms with Gasteiger partial charge in [-0.2, -0.15) is 0 Å². The van der Waals surface area contributed by atoms with E-state index in [1.54, 1.807) is 0 Å². The van der Waals surface area contributed by atoms with Gasteiger partial charge in [0.2, 0.25) is 0 Å². The van der Waals surface area contributed by atoms with E-state index in [2.05, 4.69) is 0 Å². The lowest BCUT2D eigenvalue weighted by atomic mass is 9.96. The van der Waals surface area contributed by atoms with Crippen molar-refractivity contribution in [3.63, 3.8) is 0 Å². The second kappa shape index (κ2) is 10.4. The van der Waals surface area contributed by atoms with E-state index in [0.717, 1.165) is 0 Å². The van der Waals surface area contributed by atoms with Crippen LogP contribution in [0.15, 0.2) is 0 Å². The fourth-order valence-corrected chi connectivity index (χ4v) is 3.92. The van der Waals surface area contributed by atoms with Crippen LogP contribution in [0, 0.1) is 0 Å². The number of aliphatic hydroxyl groups excluding tert-OH is 9. The Kier molecular flexibility index (Phi) is 8.44. The first-order valence-corrected chi connectivity index (χ1v) is 10.3. The summed E-state index contributed by atoms with van der Waals surface area (Å²) < 4.78 is 27.0. The molecule has 0 radical (unpaired) electrons. The van der Waals surface area contributed by atoms with Gasteiger partial charge in [-0.25, -0.2) is 0 Å². The Hall–Kier alpha value is -0.560. The predicted octanol–water partition coefficient (Wildman–Crippen LogP) is -5.52. The average molecular weight is 472 g/mol. The van der Waals surface area contributed by atoms with Crippen molar-refractivity contribution in [3.8, 4) is 0 Å². The second-order valence-electron chi connectivity index (χ2n) is 8.30. The second-order valence-corrected chi connectivity index (χ2v) is 8.30. The SMILES string of the molecule is C[C@@H]1O[C@@H](O[C@@H]2[C@@H](O[C@@H]3O[C@@H](C)[C@@H](O)[C@@H](O)[C@@H]3O)[C@H](O)[C@@H](CO)O[C@H]2O)[C@@H](O)[C@H](O)[C@@H]1O. The quantitative estimate of drug-likeness (QED) is 0.182.